The van der Waals surface area contributed by atoms with Crippen LogP contribution in [0.5, 0.6) is 5.88 Å². The zero-order chi connectivity index (χ0) is 25.9. The van der Waals surface area contributed by atoms with Crippen LogP contribution in [0, 0.1) is 5.92 Å². The Morgan fingerprint density at radius 3 is 2.53 bits per heavy atom. The van der Waals surface area contributed by atoms with E-state index in [-0.39, 0.29) is 24.7 Å². The molecule has 1 aromatic heterocycles. The van der Waals surface area contributed by atoms with Crippen molar-refractivity contribution in [1.82, 2.24) is 15.4 Å². The van der Waals surface area contributed by atoms with Gasteiger partial charge in [0.05, 0.1) is 23.6 Å². The molecular weight excluding hydrogens is 458 g/mol. The van der Waals surface area contributed by atoms with E-state index in [1.807, 2.05) is 69.0 Å². The number of anilines is 1. The highest BCUT2D eigenvalue weighted by atomic mass is 16.7. The molecule has 9 heteroatoms. The monoisotopic (exact) mass is 497 g/mol. The third-order valence-electron chi connectivity index (χ3n) is 5.99. The number of amidine groups is 1. The molecule has 1 atom stereocenters. The summed E-state index contributed by atoms with van der Waals surface area (Å²) in [6, 6.07) is 11.8. The summed E-state index contributed by atoms with van der Waals surface area (Å²) in [5, 5.41) is 3.29. The highest BCUT2D eigenvalue weighted by molar-refractivity contribution is 5.97. The van der Waals surface area contributed by atoms with Gasteiger partial charge in [-0.15, -0.1) is 0 Å². The number of hydroxylamine groups is 1. The average molecular weight is 498 g/mol. The Bertz CT molecular complexity index is 1010. The van der Waals surface area contributed by atoms with E-state index in [9.17, 15) is 4.79 Å². The van der Waals surface area contributed by atoms with Gasteiger partial charge in [-0.05, 0) is 38.3 Å². The number of likely N-dealkylation sites (tertiary alicyclic amines) is 1. The topological polar surface area (TPSA) is 97.3 Å². The molecule has 1 saturated heterocycles. The van der Waals surface area contributed by atoms with Crippen LogP contribution in [0.15, 0.2) is 41.4 Å². The molecule has 9 nitrogen and oxygen atoms in total. The summed E-state index contributed by atoms with van der Waals surface area (Å²) in [5.41, 5.74) is 5.78. The van der Waals surface area contributed by atoms with Gasteiger partial charge in [0.2, 0.25) is 5.88 Å². The van der Waals surface area contributed by atoms with Crippen LogP contribution in [-0.4, -0.2) is 54.6 Å². The van der Waals surface area contributed by atoms with E-state index >= 15 is 0 Å². The first-order valence-corrected chi connectivity index (χ1v) is 12.8. The number of carbonyl (C=O) groups is 1. The molecule has 196 valence electrons. The second-order valence-corrected chi connectivity index (χ2v) is 8.47. The fourth-order valence-corrected chi connectivity index (χ4v) is 4.23. The lowest BCUT2D eigenvalue weighted by Gasteiger charge is -2.32. The van der Waals surface area contributed by atoms with Gasteiger partial charge in [0.1, 0.15) is 12.4 Å². The largest absolute Gasteiger partial charge is 0.471 e. The summed E-state index contributed by atoms with van der Waals surface area (Å²) in [6.07, 6.45) is 1.50. The number of methoxy groups -OCH3 is 1. The Kier molecular flexibility index (Phi) is 10.5. The van der Waals surface area contributed by atoms with Crippen molar-refractivity contribution in [3.05, 3.63) is 53.2 Å². The van der Waals surface area contributed by atoms with E-state index in [2.05, 4.69) is 15.8 Å². The van der Waals surface area contributed by atoms with Gasteiger partial charge in [-0.2, -0.15) is 0 Å². The van der Waals surface area contributed by atoms with Gasteiger partial charge in [0.15, 0.2) is 6.23 Å². The minimum Gasteiger partial charge on any atom is -0.471 e. The maximum absolute atomic E-state index is 13.5. The lowest BCUT2D eigenvalue weighted by molar-refractivity contribution is 0.0477. The fourth-order valence-electron chi connectivity index (χ4n) is 4.23. The number of pyridine rings is 1. The van der Waals surface area contributed by atoms with E-state index in [0.29, 0.717) is 49.1 Å². The summed E-state index contributed by atoms with van der Waals surface area (Å²) < 4.78 is 11.4. The van der Waals surface area contributed by atoms with Crippen LogP contribution >= 0.6 is 0 Å². The molecular formula is C27H39N5O4. The number of piperidine rings is 1. The molecule has 2 aliphatic rings. The van der Waals surface area contributed by atoms with Crippen molar-refractivity contribution in [2.75, 3.05) is 32.1 Å². The van der Waals surface area contributed by atoms with Gasteiger partial charge in [-0.1, -0.05) is 44.2 Å². The Morgan fingerprint density at radius 2 is 1.92 bits per heavy atom. The molecule has 1 unspecified atom stereocenters. The lowest BCUT2D eigenvalue weighted by Crippen LogP contribution is -2.42. The average Bonchev–Trinajstić information content (AvgIpc) is 3.36. The van der Waals surface area contributed by atoms with E-state index in [4.69, 9.17) is 19.3 Å². The van der Waals surface area contributed by atoms with Crippen LogP contribution < -0.4 is 15.5 Å². The molecule has 0 radical (unpaired) electrons. The first-order chi connectivity index (χ1) is 17.6. The molecule has 0 spiro atoms. The quantitative estimate of drug-likeness (QED) is 0.530. The van der Waals surface area contributed by atoms with Crippen LogP contribution in [0.4, 0.5) is 5.69 Å². The van der Waals surface area contributed by atoms with Gasteiger partial charge < -0.3 is 19.7 Å². The molecule has 1 aromatic carbocycles. The number of aromatic nitrogens is 1. The Balaban J connectivity index is 0.00000176. The third-order valence-corrected chi connectivity index (χ3v) is 5.99. The number of hydrogen-bond donors (Lipinski definition) is 2. The smallest absolute Gasteiger partial charge is 0.255 e. The second-order valence-electron chi connectivity index (χ2n) is 8.47. The van der Waals surface area contributed by atoms with Crippen molar-refractivity contribution < 1.29 is 19.1 Å². The van der Waals surface area contributed by atoms with E-state index in [1.165, 1.54) is 0 Å². The number of carbonyl (C=O) groups excluding carboxylic acids is 1. The van der Waals surface area contributed by atoms with Gasteiger partial charge in [0, 0.05) is 32.7 Å². The van der Waals surface area contributed by atoms with Gasteiger partial charge >= 0.3 is 0 Å². The number of nitrogens with one attached hydrogen (secondary N) is 2. The molecule has 0 aliphatic carbocycles. The van der Waals surface area contributed by atoms with E-state index < -0.39 is 0 Å². The number of nitrogens with zero attached hydrogens (tertiary/aromatic N) is 3. The molecule has 1 fully saturated rings. The molecule has 2 aromatic rings. The van der Waals surface area contributed by atoms with E-state index in [0.717, 1.165) is 24.2 Å². The fraction of sp³-hybridized carbons (Fsp3) is 0.519. The van der Waals surface area contributed by atoms with Crippen LogP contribution in [0.2, 0.25) is 0 Å². The standard InChI is InChI=1S/C25H33N5O4.C2H6/c1-4-26-21-14-20(22(16-32-3)28-24(21)33-15-18-8-6-5-7-9-18)25(31)30-12-10-19(11-13-30)23-27-17(2)34-29-23;1-2/h5-9,14,17,19,26H,4,10-13,15-16H2,1-3H3,(H,27,29);1-2H3. The number of benzene rings is 1. The summed E-state index contributed by atoms with van der Waals surface area (Å²) in [4.78, 5) is 29.9. The Morgan fingerprint density at radius 1 is 1.19 bits per heavy atom. The summed E-state index contributed by atoms with van der Waals surface area (Å²) in [5.74, 6) is 1.58. The van der Waals surface area contributed by atoms with Crippen molar-refractivity contribution in [3.63, 3.8) is 0 Å². The van der Waals surface area contributed by atoms with Crippen LogP contribution in [-0.2, 0) is 22.8 Å². The summed E-state index contributed by atoms with van der Waals surface area (Å²) in [7, 11) is 1.60. The molecule has 2 N–H and O–H groups in total. The number of hydrogen-bond acceptors (Lipinski definition) is 8. The maximum Gasteiger partial charge on any atom is 0.255 e. The van der Waals surface area contributed by atoms with Crippen molar-refractivity contribution >= 4 is 17.4 Å². The van der Waals surface area contributed by atoms with Crippen LogP contribution in [0.1, 0.15) is 62.2 Å². The zero-order valence-electron chi connectivity index (χ0n) is 22.0. The second kappa shape index (κ2) is 13.8. The predicted octanol–water partition coefficient (Wildman–Crippen LogP) is 4.40. The molecule has 1 amide bonds. The molecule has 4 rings (SSSR count). The Hall–Kier alpha value is -3.17. The normalized spacial score (nSPS) is 17.5. The highest BCUT2D eigenvalue weighted by Gasteiger charge is 2.30. The van der Waals surface area contributed by atoms with Crippen LogP contribution in [0.3, 0.4) is 0 Å². The molecule has 0 bridgehead atoms. The third kappa shape index (κ3) is 6.95. The minimum atomic E-state index is -0.163. The molecule has 3 heterocycles. The summed E-state index contributed by atoms with van der Waals surface area (Å²) >= 11 is 0. The van der Waals surface area contributed by atoms with Gasteiger partial charge in [-0.25, -0.2) is 14.8 Å². The van der Waals surface area contributed by atoms with Crippen LogP contribution in [0.25, 0.3) is 0 Å². The highest BCUT2D eigenvalue weighted by Crippen LogP contribution is 2.29. The van der Waals surface area contributed by atoms with Crippen molar-refractivity contribution in [2.24, 2.45) is 10.9 Å². The first kappa shape index (κ1) is 27.4. The molecule has 2 aliphatic heterocycles. The number of amides is 1. The summed E-state index contributed by atoms with van der Waals surface area (Å²) in [6.45, 7) is 10.5. The molecule has 36 heavy (non-hydrogen) atoms. The SMILES string of the molecule is CC.CCNc1cc(C(=O)N2CCC(C3=NC(C)ON3)CC2)c(COC)nc1OCc1ccccc1. The first-order valence-electron chi connectivity index (χ1n) is 12.8. The van der Waals surface area contributed by atoms with Gasteiger partial charge in [-0.3, -0.25) is 10.3 Å². The number of rotatable bonds is 9. The minimum absolute atomic E-state index is 0.0438. The molecule has 0 saturated carbocycles. The lowest BCUT2D eigenvalue weighted by atomic mass is 9.95. The maximum atomic E-state index is 13.5. The Labute approximate surface area is 214 Å². The van der Waals surface area contributed by atoms with Gasteiger partial charge in [0.25, 0.3) is 5.91 Å². The zero-order valence-corrected chi connectivity index (χ0v) is 22.0. The van der Waals surface area contributed by atoms with Crippen molar-refractivity contribution in [3.8, 4) is 5.88 Å². The number of ether oxygens (including phenoxy) is 2. The van der Waals surface area contributed by atoms with Crippen molar-refractivity contribution in [2.45, 2.75) is 60.0 Å². The van der Waals surface area contributed by atoms with E-state index in [1.54, 1.807) is 7.11 Å². The predicted molar refractivity (Wildman–Crippen MR) is 141 cm³/mol. The number of aliphatic imine (C=N–C) groups is 1. The van der Waals surface area contributed by atoms with Crippen molar-refractivity contribution in [1.29, 1.82) is 0 Å².